The number of nitrogens with zero attached hydrogens (tertiary/aromatic N) is 2. The normalized spacial score (nSPS) is 10.6. The summed E-state index contributed by atoms with van der Waals surface area (Å²) in [5.41, 5.74) is -0.165. The van der Waals surface area contributed by atoms with Crippen LogP contribution in [0.25, 0.3) is 5.69 Å². The summed E-state index contributed by atoms with van der Waals surface area (Å²) in [4.78, 5) is 14.5. The van der Waals surface area contributed by atoms with Gasteiger partial charge in [-0.1, -0.05) is 0 Å². The molecule has 0 bridgehead atoms. The van der Waals surface area contributed by atoms with E-state index in [-0.39, 0.29) is 46.2 Å². The lowest BCUT2D eigenvalue weighted by molar-refractivity contribution is 0.296. The average molecular weight is 522 g/mol. The van der Waals surface area contributed by atoms with Crippen LogP contribution in [-0.2, 0) is 6.61 Å². The third-order valence-electron chi connectivity index (χ3n) is 4.41. The van der Waals surface area contributed by atoms with Crippen LogP contribution in [0, 0.1) is 30.2 Å². The summed E-state index contributed by atoms with van der Waals surface area (Å²) in [6.07, 6.45) is 0. The van der Waals surface area contributed by atoms with Gasteiger partial charge in [0.1, 0.15) is 40.0 Å². The van der Waals surface area contributed by atoms with Crippen LogP contribution in [0.4, 0.5) is 23.2 Å². The molecule has 0 radical (unpaired) electrons. The molecule has 0 atom stereocenters. The number of halogens is 6. The Morgan fingerprint density at radius 2 is 1.65 bits per heavy atom. The molecule has 0 amide bonds. The Morgan fingerprint density at radius 3 is 2.26 bits per heavy atom. The molecule has 31 heavy (non-hydrogen) atoms. The van der Waals surface area contributed by atoms with E-state index in [0.717, 1.165) is 22.8 Å². The molecule has 0 fully saturated rings. The summed E-state index contributed by atoms with van der Waals surface area (Å²) in [6.45, 7) is 1.31. The van der Waals surface area contributed by atoms with Gasteiger partial charge in [-0.2, -0.15) is 0 Å². The van der Waals surface area contributed by atoms with Gasteiger partial charge in [0.2, 0.25) is 0 Å². The van der Waals surface area contributed by atoms with Crippen molar-refractivity contribution < 1.29 is 22.3 Å². The fourth-order valence-electron chi connectivity index (χ4n) is 2.97. The predicted molar refractivity (Wildman–Crippen MR) is 117 cm³/mol. The van der Waals surface area contributed by atoms with E-state index in [1.165, 1.54) is 17.0 Å². The Morgan fingerprint density at radius 1 is 1.00 bits per heavy atom. The smallest absolute Gasteiger partial charge is 0.273 e. The lowest BCUT2D eigenvalue weighted by Crippen LogP contribution is -2.25. The van der Waals surface area contributed by atoms with Gasteiger partial charge in [-0.25, -0.2) is 17.6 Å². The number of aromatic nitrogens is 1. The zero-order valence-corrected chi connectivity index (χ0v) is 19.1. The first-order valence-corrected chi connectivity index (χ1v) is 9.55. The first-order chi connectivity index (χ1) is 14.1. The van der Waals surface area contributed by atoms with Gasteiger partial charge in [0, 0.05) is 43.6 Å². The number of benzene rings is 2. The quantitative estimate of drug-likeness (QED) is 0.414. The minimum Gasteiger partial charge on any atom is -0.487 e. The topological polar surface area (TPSA) is 34.5 Å². The summed E-state index contributed by atoms with van der Waals surface area (Å²) < 4.78 is 61.8. The lowest BCUT2D eigenvalue weighted by Gasteiger charge is -2.22. The van der Waals surface area contributed by atoms with Crippen LogP contribution < -0.4 is 15.2 Å². The molecule has 3 aromatic rings. The van der Waals surface area contributed by atoms with Crippen molar-refractivity contribution in [2.24, 2.45) is 0 Å². The highest BCUT2D eigenvalue weighted by Crippen LogP contribution is 2.31. The van der Waals surface area contributed by atoms with E-state index in [1.54, 1.807) is 21.0 Å². The second-order valence-corrected chi connectivity index (χ2v) is 7.57. The summed E-state index contributed by atoms with van der Waals surface area (Å²) in [6, 6.07) is 6.36. The van der Waals surface area contributed by atoms with Crippen LogP contribution in [0.1, 0.15) is 11.3 Å². The van der Waals surface area contributed by atoms with E-state index in [4.69, 9.17) is 4.74 Å². The fraction of sp³-hybridized carbons (Fsp3) is 0.190. The van der Waals surface area contributed by atoms with E-state index in [1.807, 2.05) is 0 Å². The molecule has 4 nitrogen and oxygen atoms in total. The molecule has 0 N–H and O–H groups in total. The van der Waals surface area contributed by atoms with Gasteiger partial charge >= 0.3 is 0 Å². The van der Waals surface area contributed by atoms with E-state index in [9.17, 15) is 22.4 Å². The van der Waals surface area contributed by atoms with E-state index >= 15 is 0 Å². The number of pyridine rings is 1. The molecule has 3 rings (SSSR count). The lowest BCUT2D eigenvalue weighted by atomic mass is 10.2. The van der Waals surface area contributed by atoms with Crippen LogP contribution in [0.15, 0.2) is 45.7 Å². The van der Waals surface area contributed by atoms with Crippen LogP contribution in [-0.4, -0.2) is 18.7 Å². The molecule has 10 heteroatoms. The monoisotopic (exact) mass is 520 g/mol. The van der Waals surface area contributed by atoms with Gasteiger partial charge in [0.25, 0.3) is 5.56 Å². The molecular weight excluding hydrogens is 504 g/mol. The third kappa shape index (κ3) is 5.04. The van der Waals surface area contributed by atoms with Crippen molar-refractivity contribution in [2.45, 2.75) is 13.5 Å². The summed E-state index contributed by atoms with van der Waals surface area (Å²) in [5.74, 6) is -3.07. The maximum Gasteiger partial charge on any atom is 0.273 e. The van der Waals surface area contributed by atoms with Crippen LogP contribution >= 0.6 is 28.3 Å². The molecule has 2 aromatic carbocycles. The maximum atomic E-state index is 14.7. The van der Waals surface area contributed by atoms with Crippen molar-refractivity contribution in [3.05, 3.63) is 85.8 Å². The summed E-state index contributed by atoms with van der Waals surface area (Å²) in [7, 11) is 3.20. The van der Waals surface area contributed by atoms with Crippen molar-refractivity contribution >= 4 is 34.0 Å². The second-order valence-electron chi connectivity index (χ2n) is 6.78. The maximum absolute atomic E-state index is 14.7. The molecular formula is C21H18BrClF4N2O2. The number of hydrogen-bond donors (Lipinski definition) is 0. The van der Waals surface area contributed by atoms with Gasteiger partial charge in [0.15, 0.2) is 5.82 Å². The Kier molecular flexibility index (Phi) is 7.77. The molecule has 0 saturated heterocycles. The fourth-order valence-corrected chi connectivity index (χ4v) is 3.38. The zero-order chi connectivity index (χ0) is 22.2. The van der Waals surface area contributed by atoms with E-state index in [0.29, 0.717) is 11.8 Å². The minimum atomic E-state index is -0.905. The minimum absolute atomic E-state index is 0. The average Bonchev–Trinajstić information content (AvgIpc) is 2.65. The molecule has 0 aliphatic rings. The van der Waals surface area contributed by atoms with Crippen molar-refractivity contribution in [1.29, 1.82) is 0 Å². The Balaban J connectivity index is 0.00000341. The molecule has 0 aliphatic heterocycles. The number of aryl methyl sites for hydroxylation is 1. The number of rotatable bonds is 5. The third-order valence-corrected chi connectivity index (χ3v) is 5.14. The SMILES string of the molecule is Cc1cc(OCc2ccc(F)cc2F)c(Br)c(=O)n1-c1c(F)cc(F)cc1N(C)C.Cl. The van der Waals surface area contributed by atoms with Crippen molar-refractivity contribution in [2.75, 3.05) is 19.0 Å². The second kappa shape index (κ2) is 9.74. The Labute approximate surface area is 190 Å². The molecule has 0 saturated carbocycles. The largest absolute Gasteiger partial charge is 0.487 e. The van der Waals surface area contributed by atoms with Gasteiger partial charge in [0.05, 0.1) is 5.69 Å². The van der Waals surface area contributed by atoms with Crippen molar-refractivity contribution in [3.8, 4) is 11.4 Å². The Hall–Kier alpha value is -2.52. The molecule has 1 heterocycles. The zero-order valence-electron chi connectivity index (χ0n) is 16.7. The van der Waals surface area contributed by atoms with Crippen molar-refractivity contribution in [1.82, 2.24) is 4.57 Å². The van der Waals surface area contributed by atoms with Crippen LogP contribution in [0.5, 0.6) is 5.75 Å². The van der Waals surface area contributed by atoms with Gasteiger partial charge in [-0.3, -0.25) is 9.36 Å². The van der Waals surface area contributed by atoms with Gasteiger partial charge < -0.3 is 9.64 Å². The highest BCUT2D eigenvalue weighted by Gasteiger charge is 2.21. The highest BCUT2D eigenvalue weighted by molar-refractivity contribution is 9.10. The molecule has 166 valence electrons. The Bertz CT molecular complexity index is 1190. The standard InChI is InChI=1S/C21H17BrF4N2O2.ClH/c1-11-6-18(30-10-12-4-5-13(23)7-15(12)25)19(22)21(29)28(11)20-16(26)8-14(24)9-17(20)27(2)3;/h4-9H,10H2,1-3H3;1H. The van der Waals surface area contributed by atoms with E-state index < -0.39 is 28.8 Å². The number of ether oxygens (including phenoxy) is 1. The summed E-state index contributed by atoms with van der Waals surface area (Å²) >= 11 is 3.14. The molecule has 1 aromatic heterocycles. The first kappa shape index (κ1) is 24.7. The molecule has 0 spiro atoms. The summed E-state index contributed by atoms with van der Waals surface area (Å²) in [5, 5.41) is 0. The number of hydrogen-bond acceptors (Lipinski definition) is 3. The molecule has 0 unspecified atom stereocenters. The van der Waals surface area contributed by atoms with E-state index in [2.05, 4.69) is 15.9 Å². The number of anilines is 1. The predicted octanol–water partition coefficient (Wildman–Crippen LogP) is 5.53. The van der Waals surface area contributed by atoms with Crippen LogP contribution in [0.3, 0.4) is 0 Å². The van der Waals surface area contributed by atoms with Crippen molar-refractivity contribution in [3.63, 3.8) is 0 Å². The van der Waals surface area contributed by atoms with Gasteiger partial charge in [-0.15, -0.1) is 12.4 Å². The first-order valence-electron chi connectivity index (χ1n) is 8.75. The van der Waals surface area contributed by atoms with Gasteiger partial charge in [-0.05, 0) is 41.1 Å². The van der Waals surface area contributed by atoms with Crippen LogP contribution in [0.2, 0.25) is 0 Å². The highest BCUT2D eigenvalue weighted by atomic mass is 79.9. The molecule has 0 aliphatic carbocycles.